The van der Waals surface area contributed by atoms with E-state index >= 15 is 0 Å². The summed E-state index contributed by atoms with van der Waals surface area (Å²) < 4.78 is 5.60. The number of likely N-dealkylation sites (N-methyl/N-ethyl adjacent to an activating group) is 1. The number of hydrogen-bond donors (Lipinski definition) is 1. The van der Waals surface area contributed by atoms with Gasteiger partial charge in [0.25, 0.3) is 0 Å². The van der Waals surface area contributed by atoms with E-state index in [9.17, 15) is 0 Å². The molecular weight excluding hydrogens is 218 g/mol. The minimum atomic E-state index is 0.142. The van der Waals surface area contributed by atoms with Crippen LogP contribution < -0.4 is 10.2 Å². The van der Waals surface area contributed by atoms with Crippen LogP contribution in [0.4, 0.5) is 5.95 Å². The van der Waals surface area contributed by atoms with Gasteiger partial charge in [0, 0.05) is 25.8 Å². The van der Waals surface area contributed by atoms with Crippen molar-refractivity contribution in [3.8, 4) is 6.07 Å². The maximum Gasteiger partial charge on any atom is 0.226 e. The van der Waals surface area contributed by atoms with Gasteiger partial charge in [0.1, 0.15) is 11.8 Å². The lowest BCUT2D eigenvalue weighted by atomic mass is 10.3. The summed E-state index contributed by atoms with van der Waals surface area (Å²) in [4.78, 5) is 10.4. The summed E-state index contributed by atoms with van der Waals surface area (Å²) in [7, 11) is 1.90. The van der Waals surface area contributed by atoms with E-state index in [2.05, 4.69) is 15.3 Å². The van der Waals surface area contributed by atoms with Crippen molar-refractivity contribution in [2.75, 3.05) is 38.2 Å². The molecule has 0 saturated carbocycles. The summed E-state index contributed by atoms with van der Waals surface area (Å²) in [5.41, 5.74) is 0.395. The van der Waals surface area contributed by atoms with Gasteiger partial charge in [0.2, 0.25) is 5.95 Å². The van der Waals surface area contributed by atoms with Crippen LogP contribution in [0.1, 0.15) is 5.69 Å². The number of anilines is 1. The Balaban J connectivity index is 2.08. The quantitative estimate of drug-likeness (QED) is 0.777. The van der Waals surface area contributed by atoms with Gasteiger partial charge in [0.05, 0.1) is 12.7 Å². The molecule has 1 aromatic rings. The monoisotopic (exact) mass is 233 g/mol. The maximum atomic E-state index is 8.80. The minimum absolute atomic E-state index is 0.142. The van der Waals surface area contributed by atoms with E-state index in [1.807, 2.05) is 18.0 Å². The molecule has 1 aliphatic heterocycles. The van der Waals surface area contributed by atoms with Crippen LogP contribution in [0.25, 0.3) is 0 Å². The number of aromatic nitrogens is 2. The smallest absolute Gasteiger partial charge is 0.226 e. The van der Waals surface area contributed by atoms with Crippen molar-refractivity contribution >= 4 is 5.95 Å². The fourth-order valence-corrected chi connectivity index (χ4v) is 1.82. The van der Waals surface area contributed by atoms with E-state index in [0.29, 0.717) is 18.2 Å². The third-order valence-corrected chi connectivity index (χ3v) is 2.61. The fourth-order valence-electron chi connectivity index (χ4n) is 1.82. The first-order chi connectivity index (χ1) is 8.33. The molecule has 0 aliphatic carbocycles. The van der Waals surface area contributed by atoms with E-state index in [4.69, 9.17) is 10.00 Å². The third-order valence-electron chi connectivity index (χ3n) is 2.61. The van der Waals surface area contributed by atoms with Crippen molar-refractivity contribution < 1.29 is 4.74 Å². The first-order valence-corrected chi connectivity index (χ1v) is 5.58. The molecule has 0 amide bonds. The molecule has 0 radical (unpaired) electrons. The normalized spacial score (nSPS) is 20.0. The van der Waals surface area contributed by atoms with E-state index in [0.717, 1.165) is 19.6 Å². The zero-order valence-electron chi connectivity index (χ0n) is 9.76. The number of rotatable bonds is 3. The number of hydrogen-bond acceptors (Lipinski definition) is 6. The highest BCUT2D eigenvalue weighted by atomic mass is 16.5. The van der Waals surface area contributed by atoms with Crippen molar-refractivity contribution in [2.45, 2.75) is 6.10 Å². The van der Waals surface area contributed by atoms with Crippen molar-refractivity contribution in [1.29, 1.82) is 5.26 Å². The van der Waals surface area contributed by atoms with Gasteiger partial charge >= 0.3 is 0 Å². The second-order valence-electron chi connectivity index (χ2n) is 3.85. The molecule has 90 valence electrons. The largest absolute Gasteiger partial charge is 0.373 e. The Morgan fingerprint density at radius 3 is 3.35 bits per heavy atom. The van der Waals surface area contributed by atoms with Crippen LogP contribution in [0, 0.1) is 11.3 Å². The second-order valence-corrected chi connectivity index (χ2v) is 3.85. The lowest BCUT2D eigenvalue weighted by Gasteiger charge is -2.32. The lowest BCUT2D eigenvalue weighted by Crippen LogP contribution is -2.46. The van der Waals surface area contributed by atoms with E-state index in [-0.39, 0.29) is 6.10 Å². The maximum absolute atomic E-state index is 8.80. The summed E-state index contributed by atoms with van der Waals surface area (Å²) >= 11 is 0. The van der Waals surface area contributed by atoms with Crippen LogP contribution >= 0.6 is 0 Å². The average Bonchev–Trinajstić information content (AvgIpc) is 2.40. The number of nitrogens with zero attached hydrogens (tertiary/aromatic N) is 4. The Morgan fingerprint density at radius 1 is 1.71 bits per heavy atom. The molecule has 1 aliphatic rings. The van der Waals surface area contributed by atoms with Crippen LogP contribution in [0.3, 0.4) is 0 Å². The first-order valence-electron chi connectivity index (χ1n) is 5.58. The summed E-state index contributed by atoms with van der Waals surface area (Å²) in [5, 5.41) is 11.9. The molecule has 1 aromatic heterocycles. The van der Waals surface area contributed by atoms with Crippen LogP contribution in [-0.4, -0.2) is 49.4 Å². The number of ether oxygens (including phenoxy) is 1. The molecule has 2 rings (SSSR count). The highest BCUT2D eigenvalue weighted by Gasteiger charge is 2.21. The van der Waals surface area contributed by atoms with E-state index in [1.54, 1.807) is 12.3 Å². The van der Waals surface area contributed by atoms with Gasteiger partial charge < -0.3 is 15.0 Å². The highest BCUT2D eigenvalue weighted by Crippen LogP contribution is 2.12. The van der Waals surface area contributed by atoms with Gasteiger partial charge in [-0.05, 0) is 13.1 Å². The van der Waals surface area contributed by atoms with Crippen molar-refractivity contribution in [3.63, 3.8) is 0 Å². The fraction of sp³-hybridized carbons (Fsp3) is 0.545. The first kappa shape index (κ1) is 11.8. The van der Waals surface area contributed by atoms with Crippen LogP contribution in [0.15, 0.2) is 12.3 Å². The molecule has 6 heteroatoms. The standard InChI is InChI=1S/C11H15N5O/c1-13-7-10-8-16(4-5-17-10)11-14-3-2-9(6-12)15-11/h2-3,10,13H,4-5,7-8H2,1H3. The predicted octanol–water partition coefficient (Wildman–Crippen LogP) is -0.227. The van der Waals surface area contributed by atoms with Gasteiger partial charge in [0.15, 0.2) is 0 Å². The van der Waals surface area contributed by atoms with Crippen LogP contribution in [0.2, 0.25) is 0 Å². The SMILES string of the molecule is CNCC1CN(c2nccc(C#N)n2)CCO1. The molecule has 6 nitrogen and oxygen atoms in total. The average molecular weight is 233 g/mol. The van der Waals surface area contributed by atoms with Gasteiger partial charge in [-0.1, -0.05) is 0 Å². The molecule has 17 heavy (non-hydrogen) atoms. The molecule has 1 fully saturated rings. The molecule has 2 heterocycles. The zero-order chi connectivity index (χ0) is 12.1. The van der Waals surface area contributed by atoms with E-state index < -0.39 is 0 Å². The van der Waals surface area contributed by atoms with Crippen molar-refractivity contribution in [3.05, 3.63) is 18.0 Å². The van der Waals surface area contributed by atoms with E-state index in [1.165, 1.54) is 0 Å². The summed E-state index contributed by atoms with van der Waals surface area (Å²) in [6.07, 6.45) is 1.76. The molecule has 1 unspecified atom stereocenters. The molecule has 0 aromatic carbocycles. The summed E-state index contributed by atoms with van der Waals surface area (Å²) in [5.74, 6) is 0.605. The number of nitriles is 1. The van der Waals surface area contributed by atoms with Crippen LogP contribution in [-0.2, 0) is 4.74 Å². The number of nitrogens with one attached hydrogen (secondary N) is 1. The lowest BCUT2D eigenvalue weighted by molar-refractivity contribution is 0.0416. The second kappa shape index (κ2) is 5.57. The van der Waals surface area contributed by atoms with Crippen molar-refractivity contribution in [1.82, 2.24) is 15.3 Å². The molecular formula is C11H15N5O. The van der Waals surface area contributed by atoms with Gasteiger partial charge in [-0.15, -0.1) is 0 Å². The van der Waals surface area contributed by atoms with Gasteiger partial charge in [-0.3, -0.25) is 0 Å². The Labute approximate surface area is 100 Å². The zero-order valence-corrected chi connectivity index (χ0v) is 9.76. The molecule has 0 bridgehead atoms. The topological polar surface area (TPSA) is 74.1 Å². The van der Waals surface area contributed by atoms with Gasteiger partial charge in [-0.25, -0.2) is 9.97 Å². The van der Waals surface area contributed by atoms with Crippen molar-refractivity contribution in [2.24, 2.45) is 0 Å². The summed E-state index contributed by atoms with van der Waals surface area (Å²) in [6.45, 7) is 2.96. The molecule has 0 spiro atoms. The van der Waals surface area contributed by atoms with Crippen LogP contribution in [0.5, 0.6) is 0 Å². The Hall–Kier alpha value is -1.71. The summed E-state index contributed by atoms with van der Waals surface area (Å²) in [6, 6.07) is 3.63. The third kappa shape index (κ3) is 2.90. The molecule has 1 N–H and O–H groups in total. The highest BCUT2D eigenvalue weighted by molar-refractivity contribution is 5.34. The number of morpholine rings is 1. The Kier molecular flexibility index (Phi) is 3.85. The minimum Gasteiger partial charge on any atom is -0.373 e. The predicted molar refractivity (Wildman–Crippen MR) is 62.6 cm³/mol. The Morgan fingerprint density at radius 2 is 2.59 bits per heavy atom. The Bertz CT molecular complexity index is 415. The van der Waals surface area contributed by atoms with Gasteiger partial charge in [-0.2, -0.15) is 5.26 Å². The molecule has 1 saturated heterocycles. The molecule has 1 atom stereocenters.